The van der Waals surface area contributed by atoms with Crippen LogP contribution in [0.3, 0.4) is 0 Å². The van der Waals surface area contributed by atoms with Crippen LogP contribution in [0.25, 0.3) is 296 Å². The maximum absolute atomic E-state index is 6.74. The summed E-state index contributed by atoms with van der Waals surface area (Å²) in [6.45, 7) is 0. The van der Waals surface area contributed by atoms with E-state index in [1.807, 2.05) is 24.3 Å². The van der Waals surface area contributed by atoms with Crippen molar-refractivity contribution in [2.45, 2.75) is 0 Å². The van der Waals surface area contributed by atoms with Crippen molar-refractivity contribution in [2.75, 3.05) is 0 Å². The Morgan fingerprint density at radius 2 is 0.406 bits per heavy atom. The van der Waals surface area contributed by atoms with Crippen LogP contribution in [-0.2, 0) is 0 Å². The molecule has 0 fully saturated rings. The topological polar surface area (TPSA) is 39.4 Å². The minimum atomic E-state index is 0.891. The molecule has 27 aromatic carbocycles. The van der Waals surface area contributed by atoms with Crippen LogP contribution in [0.15, 0.2) is 535 Å². The summed E-state index contributed by atoms with van der Waals surface area (Å²) >= 11 is 0. The highest BCUT2D eigenvalue weighted by atomic mass is 16.3. The van der Waals surface area contributed by atoms with Crippen molar-refractivity contribution >= 4 is 184 Å². The van der Waals surface area contributed by atoms with Gasteiger partial charge in [-0.15, -0.1) is 0 Å². The maximum Gasteiger partial charge on any atom is 0.136 e. The largest absolute Gasteiger partial charge is 0.456 e. The average molecular weight is 1820 g/mol. The van der Waals surface area contributed by atoms with Crippen molar-refractivity contribution in [3.63, 3.8) is 0 Å². The van der Waals surface area contributed by atoms with Crippen LogP contribution in [0.4, 0.5) is 0 Å². The SMILES string of the molecule is c1cc(-c2ccc3ccccc3c2)cc(-c2c3ccccc3c(-c3ccc4oc5ccccc5c4c3)c3ccccc23)c1.c1ccc(-c2cc3ccccc3c3ccccc23)c(-c2c3ccccc3c(-c3cc(-c4cccc5ccccc45)cc4oc5ccccc5c34)c3ccccc23)c1.c1ccc2c(-c3ccc(-c4c5ccccc5c(-c5ccc6oc7ccccc7c6c5)c5ccccc45)cc3)cccc2c1. The molecule has 0 aliphatic heterocycles. The standard InChI is InChI=1S/C56H34O.2C42H26O/c1-3-19-38-35(16-1)18-15-30-40(38)37-33-51(56-49-29-13-14-31-52(49)57-53(56)34-37)55-47-27-11-9-25-45(47)54(46-26-10-12-28-48(46)55)44-24-8-7-23-43(44)50-32-36-17-2-4-20-39(36)41-21-5-6-22-42(41)50;1-2-12-31-27(10-1)11-9-18-32(31)28-20-22-29(23-21-28)41-34-14-3-5-16-36(34)42(37-17-6-4-15-35(37)41)30-24-25-40-38(26-30)33-13-7-8-19-39(33)43-40;1-2-11-28-24-30(21-20-27(28)10-1)29-12-9-13-31(25-29)41-34-15-3-5-17-36(34)42(37-18-6-4-16-35(37)41)32-22-23-40-38(26-32)33-14-7-8-19-39(33)43-40/h1-34H;2*1-26H. The summed E-state index contributed by atoms with van der Waals surface area (Å²) in [7, 11) is 0. The number of hydrogen-bond donors (Lipinski definition) is 0. The van der Waals surface area contributed by atoms with E-state index in [0.29, 0.717) is 0 Å². The predicted octanol–water partition coefficient (Wildman–Crippen LogP) is 40.1. The fourth-order valence-electron chi connectivity index (χ4n) is 23.4. The first-order valence-electron chi connectivity index (χ1n) is 49.2. The van der Waals surface area contributed by atoms with Gasteiger partial charge >= 0.3 is 0 Å². The van der Waals surface area contributed by atoms with Crippen LogP contribution in [0.2, 0.25) is 0 Å². The van der Waals surface area contributed by atoms with Gasteiger partial charge in [0.2, 0.25) is 0 Å². The molecule has 0 radical (unpaired) electrons. The Hall–Kier alpha value is -18.8. The Balaban J connectivity index is 0.000000106. The second kappa shape index (κ2) is 34.1. The van der Waals surface area contributed by atoms with Crippen LogP contribution in [0.1, 0.15) is 0 Å². The summed E-state index contributed by atoms with van der Waals surface area (Å²) in [4.78, 5) is 0. The van der Waals surface area contributed by atoms with Gasteiger partial charge in [-0.1, -0.05) is 449 Å². The van der Waals surface area contributed by atoms with E-state index in [-0.39, 0.29) is 0 Å². The third kappa shape index (κ3) is 13.9. The van der Waals surface area contributed by atoms with E-state index >= 15 is 0 Å². The minimum absolute atomic E-state index is 0.891. The third-order valence-electron chi connectivity index (χ3n) is 29.7. The highest BCUT2D eigenvalue weighted by Crippen LogP contribution is 2.54. The molecule has 664 valence electrons. The lowest BCUT2D eigenvalue weighted by Gasteiger charge is -2.21. The van der Waals surface area contributed by atoms with Gasteiger partial charge in [0.1, 0.15) is 33.5 Å². The molecular formula is C140H86O3. The zero-order chi connectivity index (χ0) is 94.1. The van der Waals surface area contributed by atoms with Crippen molar-refractivity contribution in [1.29, 1.82) is 0 Å². The number of benzene rings is 27. The number of hydrogen-bond acceptors (Lipinski definition) is 3. The third-order valence-corrected chi connectivity index (χ3v) is 29.7. The molecule has 0 aliphatic rings. The molecule has 0 atom stereocenters. The van der Waals surface area contributed by atoms with E-state index in [4.69, 9.17) is 13.3 Å². The van der Waals surface area contributed by atoms with E-state index < -0.39 is 0 Å². The number of furan rings is 3. The van der Waals surface area contributed by atoms with Gasteiger partial charge < -0.3 is 13.3 Å². The smallest absolute Gasteiger partial charge is 0.136 e. The van der Waals surface area contributed by atoms with Gasteiger partial charge in [-0.05, 0) is 303 Å². The van der Waals surface area contributed by atoms with E-state index in [0.717, 1.165) is 71.4 Å². The molecule has 3 heteroatoms. The molecule has 3 nitrogen and oxygen atoms in total. The maximum atomic E-state index is 6.74. The molecule has 0 unspecified atom stereocenters. The van der Waals surface area contributed by atoms with Crippen molar-refractivity contribution in [3.05, 3.63) is 522 Å². The first-order valence-corrected chi connectivity index (χ1v) is 49.2. The van der Waals surface area contributed by atoms with Gasteiger partial charge in [0.15, 0.2) is 0 Å². The molecule has 0 amide bonds. The molecule has 0 aliphatic carbocycles. The second-order valence-corrected chi connectivity index (χ2v) is 37.6. The molecule has 143 heavy (non-hydrogen) atoms. The summed E-state index contributed by atoms with van der Waals surface area (Å²) in [5, 5.41) is 34.3. The molecule has 0 saturated carbocycles. The summed E-state index contributed by atoms with van der Waals surface area (Å²) in [6.07, 6.45) is 0. The van der Waals surface area contributed by atoms with Gasteiger partial charge in [-0.3, -0.25) is 0 Å². The zero-order valence-corrected chi connectivity index (χ0v) is 77.9. The quantitative estimate of drug-likeness (QED) is 0.101. The van der Waals surface area contributed by atoms with E-state index in [1.165, 1.54) is 224 Å². The fourth-order valence-corrected chi connectivity index (χ4v) is 23.4. The number of para-hydroxylation sites is 3. The van der Waals surface area contributed by atoms with Crippen molar-refractivity contribution < 1.29 is 13.3 Å². The highest BCUT2D eigenvalue weighted by molar-refractivity contribution is 6.30. The number of fused-ring (bicyclic) bond motifs is 21. The summed E-state index contributed by atoms with van der Waals surface area (Å²) < 4.78 is 19.1. The lowest BCUT2D eigenvalue weighted by molar-refractivity contribution is 0.668. The summed E-state index contributed by atoms with van der Waals surface area (Å²) in [5.74, 6) is 0. The van der Waals surface area contributed by atoms with Crippen LogP contribution in [0.5, 0.6) is 0 Å². The lowest BCUT2D eigenvalue weighted by Crippen LogP contribution is -1.94. The first-order chi connectivity index (χ1) is 70.9. The molecule has 30 aromatic rings. The molecule has 0 saturated heterocycles. The summed E-state index contributed by atoms with van der Waals surface area (Å²) in [6, 6.07) is 189. The van der Waals surface area contributed by atoms with Crippen LogP contribution >= 0.6 is 0 Å². The molecular weight excluding hydrogens is 1730 g/mol. The Labute approximate surface area is 824 Å². The van der Waals surface area contributed by atoms with Crippen LogP contribution in [-0.4, -0.2) is 0 Å². The lowest BCUT2D eigenvalue weighted by atomic mass is 9.82. The van der Waals surface area contributed by atoms with Crippen LogP contribution in [0, 0.1) is 0 Å². The van der Waals surface area contributed by atoms with E-state index in [9.17, 15) is 0 Å². The molecule has 3 heterocycles. The molecule has 3 aromatic heterocycles. The van der Waals surface area contributed by atoms with Gasteiger partial charge in [0, 0.05) is 32.3 Å². The van der Waals surface area contributed by atoms with Crippen LogP contribution < -0.4 is 0 Å². The first kappa shape index (κ1) is 82.5. The monoisotopic (exact) mass is 1810 g/mol. The van der Waals surface area contributed by atoms with Crippen molar-refractivity contribution in [3.8, 4) is 111 Å². The van der Waals surface area contributed by atoms with Gasteiger partial charge in [-0.25, -0.2) is 0 Å². The average Bonchev–Trinajstić information content (AvgIpc) is 1.54. The zero-order valence-electron chi connectivity index (χ0n) is 77.9. The predicted molar refractivity (Wildman–Crippen MR) is 608 cm³/mol. The Bertz CT molecular complexity index is 10300. The fraction of sp³-hybridized carbons (Fsp3) is 0. The molecule has 0 bridgehead atoms. The molecule has 0 spiro atoms. The molecule has 0 N–H and O–H groups in total. The highest BCUT2D eigenvalue weighted by Gasteiger charge is 2.27. The second-order valence-electron chi connectivity index (χ2n) is 37.6. The van der Waals surface area contributed by atoms with Gasteiger partial charge in [-0.2, -0.15) is 0 Å². The Kier molecular flexibility index (Phi) is 19.7. The van der Waals surface area contributed by atoms with Gasteiger partial charge in [0.05, 0.1) is 0 Å². The van der Waals surface area contributed by atoms with Crippen molar-refractivity contribution in [2.24, 2.45) is 0 Å². The summed E-state index contributed by atoms with van der Waals surface area (Å²) in [5.41, 5.74) is 30.0. The van der Waals surface area contributed by atoms with E-state index in [2.05, 4.69) is 497 Å². The normalized spacial score (nSPS) is 11.8. The van der Waals surface area contributed by atoms with Crippen molar-refractivity contribution in [1.82, 2.24) is 0 Å². The van der Waals surface area contributed by atoms with E-state index in [1.54, 1.807) is 0 Å². The Morgan fingerprint density at radius 1 is 0.0979 bits per heavy atom. The molecule has 30 rings (SSSR count). The number of rotatable bonds is 10. The van der Waals surface area contributed by atoms with Gasteiger partial charge in [0.25, 0.3) is 0 Å². The Morgan fingerprint density at radius 3 is 0.916 bits per heavy atom. The minimum Gasteiger partial charge on any atom is -0.456 e.